The van der Waals surface area contributed by atoms with Crippen LogP contribution < -0.4 is 10.1 Å². The third-order valence-electron chi connectivity index (χ3n) is 2.50. The number of aliphatic hydroxyl groups is 1. The maximum absolute atomic E-state index is 8.83. The van der Waals surface area contributed by atoms with Crippen LogP contribution in [0.3, 0.4) is 0 Å². The molecule has 96 valence electrons. The fraction of sp³-hybridized carbons (Fsp3) is 0.538. The molecule has 1 aromatic rings. The molecule has 3 nitrogen and oxygen atoms in total. The number of aliphatic hydroxyl groups excluding tert-OH is 1. The van der Waals surface area contributed by atoms with Gasteiger partial charge in [0.1, 0.15) is 5.75 Å². The van der Waals surface area contributed by atoms with E-state index in [0.717, 1.165) is 24.3 Å². The molecule has 1 unspecified atom stereocenters. The van der Waals surface area contributed by atoms with Gasteiger partial charge in [-0.1, -0.05) is 23.7 Å². The summed E-state index contributed by atoms with van der Waals surface area (Å²) in [6.07, 6.45) is 0.884. The second-order valence-corrected chi connectivity index (χ2v) is 4.53. The Morgan fingerprint density at radius 3 is 2.88 bits per heavy atom. The van der Waals surface area contributed by atoms with Crippen molar-refractivity contribution < 1.29 is 9.84 Å². The maximum Gasteiger partial charge on any atom is 0.140 e. The Labute approximate surface area is 108 Å². The Morgan fingerprint density at radius 2 is 2.24 bits per heavy atom. The van der Waals surface area contributed by atoms with Crippen LogP contribution in [0.5, 0.6) is 5.75 Å². The van der Waals surface area contributed by atoms with Crippen LogP contribution in [0.4, 0.5) is 0 Å². The molecular weight excluding hydrogens is 238 g/mol. The molecule has 0 radical (unpaired) electrons. The summed E-state index contributed by atoms with van der Waals surface area (Å²) in [6.45, 7) is 5.53. The molecule has 0 aromatic heterocycles. The van der Waals surface area contributed by atoms with E-state index in [1.54, 1.807) is 0 Å². The Bertz CT molecular complexity index is 324. The van der Waals surface area contributed by atoms with Gasteiger partial charge >= 0.3 is 0 Å². The lowest BCUT2D eigenvalue weighted by atomic mass is 10.2. The lowest BCUT2D eigenvalue weighted by molar-refractivity contribution is 0.245. The highest BCUT2D eigenvalue weighted by molar-refractivity contribution is 6.32. The van der Waals surface area contributed by atoms with E-state index in [9.17, 15) is 0 Å². The normalized spacial score (nSPS) is 12.5. The molecule has 2 N–H and O–H groups in total. The topological polar surface area (TPSA) is 41.5 Å². The van der Waals surface area contributed by atoms with Gasteiger partial charge in [0.05, 0.1) is 18.2 Å². The summed E-state index contributed by atoms with van der Waals surface area (Å²) < 4.78 is 5.65. The number of hydrogen-bond donors (Lipinski definition) is 2. The van der Waals surface area contributed by atoms with E-state index >= 15 is 0 Å². The average Bonchev–Trinajstić information content (AvgIpc) is 2.31. The standard InChI is InChI=1S/C13H20ClNO2/c1-10-5-3-6-12(14)13(10)17-8-4-7-15-11(2)9-16/h3,5-6,11,15-16H,4,7-9H2,1-2H3. The van der Waals surface area contributed by atoms with E-state index in [0.29, 0.717) is 11.6 Å². The number of para-hydroxylation sites is 1. The molecule has 0 bridgehead atoms. The van der Waals surface area contributed by atoms with Crippen molar-refractivity contribution in [3.05, 3.63) is 28.8 Å². The Morgan fingerprint density at radius 1 is 1.47 bits per heavy atom. The molecule has 0 saturated heterocycles. The summed E-state index contributed by atoms with van der Waals surface area (Å²) in [7, 11) is 0. The van der Waals surface area contributed by atoms with Crippen LogP contribution in [0.25, 0.3) is 0 Å². The van der Waals surface area contributed by atoms with Crippen LogP contribution in [0.2, 0.25) is 5.02 Å². The monoisotopic (exact) mass is 257 g/mol. The second kappa shape index (κ2) is 7.54. The third kappa shape index (κ3) is 4.94. The predicted molar refractivity (Wildman–Crippen MR) is 70.9 cm³/mol. The van der Waals surface area contributed by atoms with Crippen molar-refractivity contribution in [3.63, 3.8) is 0 Å². The van der Waals surface area contributed by atoms with Crippen LogP contribution in [-0.2, 0) is 0 Å². The predicted octanol–water partition coefficient (Wildman–Crippen LogP) is 2.39. The van der Waals surface area contributed by atoms with Gasteiger partial charge in [-0.05, 0) is 38.4 Å². The van der Waals surface area contributed by atoms with E-state index in [-0.39, 0.29) is 12.6 Å². The largest absolute Gasteiger partial charge is 0.492 e. The number of aryl methyl sites for hydroxylation is 1. The molecule has 0 aliphatic heterocycles. The van der Waals surface area contributed by atoms with Crippen molar-refractivity contribution in [1.29, 1.82) is 0 Å². The first kappa shape index (κ1) is 14.3. The summed E-state index contributed by atoms with van der Waals surface area (Å²) in [4.78, 5) is 0. The lowest BCUT2D eigenvalue weighted by Gasteiger charge is -2.12. The molecule has 0 aliphatic rings. The number of ether oxygens (including phenoxy) is 1. The van der Waals surface area contributed by atoms with Gasteiger partial charge in [0, 0.05) is 6.04 Å². The number of nitrogens with one attached hydrogen (secondary N) is 1. The van der Waals surface area contributed by atoms with Crippen LogP contribution in [0.15, 0.2) is 18.2 Å². The lowest BCUT2D eigenvalue weighted by Crippen LogP contribution is -2.30. The highest BCUT2D eigenvalue weighted by atomic mass is 35.5. The molecule has 0 fully saturated rings. The van der Waals surface area contributed by atoms with Gasteiger partial charge < -0.3 is 15.2 Å². The van der Waals surface area contributed by atoms with Gasteiger partial charge in [0.2, 0.25) is 0 Å². The van der Waals surface area contributed by atoms with Gasteiger partial charge in [-0.25, -0.2) is 0 Å². The van der Waals surface area contributed by atoms with E-state index in [1.165, 1.54) is 0 Å². The molecule has 17 heavy (non-hydrogen) atoms. The molecule has 0 heterocycles. The zero-order valence-electron chi connectivity index (χ0n) is 10.4. The molecule has 1 rings (SSSR count). The number of hydrogen-bond acceptors (Lipinski definition) is 3. The second-order valence-electron chi connectivity index (χ2n) is 4.13. The molecule has 0 amide bonds. The highest BCUT2D eigenvalue weighted by Gasteiger charge is 2.04. The van der Waals surface area contributed by atoms with Gasteiger partial charge in [0.15, 0.2) is 0 Å². The Kier molecular flexibility index (Phi) is 6.34. The fourth-order valence-electron chi connectivity index (χ4n) is 1.46. The number of benzene rings is 1. The maximum atomic E-state index is 8.83. The minimum absolute atomic E-state index is 0.136. The molecule has 0 spiro atoms. The van der Waals surface area contributed by atoms with Crippen LogP contribution in [0.1, 0.15) is 18.9 Å². The van der Waals surface area contributed by atoms with E-state index in [2.05, 4.69) is 5.32 Å². The quantitative estimate of drug-likeness (QED) is 0.737. The van der Waals surface area contributed by atoms with E-state index in [4.69, 9.17) is 21.4 Å². The molecule has 1 atom stereocenters. The van der Waals surface area contributed by atoms with Gasteiger partial charge in [-0.15, -0.1) is 0 Å². The summed E-state index contributed by atoms with van der Waals surface area (Å²) in [5, 5.41) is 12.7. The highest BCUT2D eigenvalue weighted by Crippen LogP contribution is 2.27. The Balaban J connectivity index is 2.27. The van der Waals surface area contributed by atoms with E-state index < -0.39 is 0 Å². The van der Waals surface area contributed by atoms with Crippen molar-refractivity contribution in [2.24, 2.45) is 0 Å². The first-order chi connectivity index (χ1) is 8.15. The minimum atomic E-state index is 0.136. The van der Waals surface area contributed by atoms with Crippen molar-refractivity contribution in [2.45, 2.75) is 26.3 Å². The van der Waals surface area contributed by atoms with Gasteiger partial charge in [0.25, 0.3) is 0 Å². The number of rotatable bonds is 7. The summed E-state index contributed by atoms with van der Waals surface area (Å²) in [5.74, 6) is 0.768. The minimum Gasteiger partial charge on any atom is -0.492 e. The van der Waals surface area contributed by atoms with Crippen molar-refractivity contribution in [2.75, 3.05) is 19.8 Å². The first-order valence-electron chi connectivity index (χ1n) is 5.87. The molecule has 0 aliphatic carbocycles. The van der Waals surface area contributed by atoms with Crippen LogP contribution in [0, 0.1) is 6.92 Å². The molecule has 1 aromatic carbocycles. The summed E-state index contributed by atoms with van der Waals surface area (Å²) >= 11 is 6.04. The van der Waals surface area contributed by atoms with E-state index in [1.807, 2.05) is 32.0 Å². The summed E-state index contributed by atoms with van der Waals surface area (Å²) in [6, 6.07) is 5.86. The smallest absolute Gasteiger partial charge is 0.140 e. The molecule has 0 saturated carbocycles. The fourth-order valence-corrected chi connectivity index (χ4v) is 1.74. The number of halogens is 1. The third-order valence-corrected chi connectivity index (χ3v) is 2.80. The zero-order valence-corrected chi connectivity index (χ0v) is 11.1. The van der Waals surface area contributed by atoms with Gasteiger partial charge in [-0.3, -0.25) is 0 Å². The van der Waals surface area contributed by atoms with Crippen molar-refractivity contribution in [1.82, 2.24) is 5.32 Å². The first-order valence-corrected chi connectivity index (χ1v) is 6.25. The molecule has 4 heteroatoms. The SMILES string of the molecule is Cc1cccc(Cl)c1OCCCNC(C)CO. The van der Waals surface area contributed by atoms with Crippen molar-refractivity contribution >= 4 is 11.6 Å². The summed E-state index contributed by atoms with van der Waals surface area (Å²) in [5.41, 5.74) is 1.05. The average molecular weight is 258 g/mol. The van der Waals surface area contributed by atoms with Crippen LogP contribution >= 0.6 is 11.6 Å². The van der Waals surface area contributed by atoms with Gasteiger partial charge in [-0.2, -0.15) is 0 Å². The molecular formula is C13H20ClNO2. The Hall–Kier alpha value is -0.770. The zero-order chi connectivity index (χ0) is 12.7. The van der Waals surface area contributed by atoms with Crippen molar-refractivity contribution in [3.8, 4) is 5.75 Å². The van der Waals surface area contributed by atoms with Crippen LogP contribution in [-0.4, -0.2) is 30.9 Å².